The molecule has 0 fully saturated rings. The van der Waals surface area contributed by atoms with Crippen LogP contribution in [0.5, 0.6) is 0 Å². The van der Waals surface area contributed by atoms with Gasteiger partial charge in [-0.25, -0.2) is 4.98 Å². The van der Waals surface area contributed by atoms with Crippen molar-refractivity contribution in [2.45, 2.75) is 27.7 Å². The van der Waals surface area contributed by atoms with Crippen molar-refractivity contribution in [3.63, 3.8) is 0 Å². The van der Waals surface area contributed by atoms with Gasteiger partial charge in [0.25, 0.3) is 5.91 Å². The van der Waals surface area contributed by atoms with Gasteiger partial charge in [-0.05, 0) is 23.5 Å². The van der Waals surface area contributed by atoms with Crippen LogP contribution in [0.3, 0.4) is 0 Å². The summed E-state index contributed by atoms with van der Waals surface area (Å²) in [6.07, 6.45) is 1.65. The number of anilines is 1. The number of carbonyl (C=O) groups is 1. The maximum Gasteiger partial charge on any atom is 0.252 e. The van der Waals surface area contributed by atoms with E-state index in [0.717, 1.165) is 6.54 Å². The third-order valence-corrected chi connectivity index (χ3v) is 3.13. The molecular weight excluding hydrogens is 214 g/mol. The van der Waals surface area contributed by atoms with E-state index in [9.17, 15) is 4.79 Å². The van der Waals surface area contributed by atoms with Crippen LogP contribution in [0.15, 0.2) is 18.3 Å². The van der Waals surface area contributed by atoms with Crippen molar-refractivity contribution in [2.75, 3.05) is 11.9 Å². The van der Waals surface area contributed by atoms with Crippen molar-refractivity contribution in [1.82, 2.24) is 4.98 Å². The molecule has 1 amide bonds. The first-order chi connectivity index (χ1) is 7.82. The number of nitrogens with zero attached hydrogens (tertiary/aromatic N) is 1. The van der Waals surface area contributed by atoms with Gasteiger partial charge in [-0.2, -0.15) is 0 Å². The Hall–Kier alpha value is -1.58. The van der Waals surface area contributed by atoms with Crippen LogP contribution >= 0.6 is 0 Å². The molecule has 1 aromatic heterocycles. The summed E-state index contributed by atoms with van der Waals surface area (Å²) in [6.45, 7) is 9.49. The standard InChI is InChI=1S/C13H21N3O/c1-9(13(2,3)4)8-16-12-10(11(14)17)6-5-7-15-12/h5-7,9H,8H2,1-4H3,(H2,14,17)(H,15,16). The number of amides is 1. The Morgan fingerprint density at radius 3 is 2.71 bits per heavy atom. The maximum absolute atomic E-state index is 11.2. The summed E-state index contributed by atoms with van der Waals surface area (Å²) in [4.78, 5) is 15.3. The monoisotopic (exact) mass is 235 g/mol. The van der Waals surface area contributed by atoms with Gasteiger partial charge >= 0.3 is 0 Å². The van der Waals surface area contributed by atoms with Crippen LogP contribution in [0.25, 0.3) is 0 Å². The largest absolute Gasteiger partial charge is 0.369 e. The van der Waals surface area contributed by atoms with E-state index in [1.54, 1.807) is 18.3 Å². The van der Waals surface area contributed by atoms with E-state index in [1.165, 1.54) is 0 Å². The van der Waals surface area contributed by atoms with Crippen molar-refractivity contribution in [3.8, 4) is 0 Å². The Morgan fingerprint density at radius 1 is 1.53 bits per heavy atom. The van der Waals surface area contributed by atoms with Crippen LogP contribution in [0.4, 0.5) is 5.82 Å². The lowest BCUT2D eigenvalue weighted by molar-refractivity contribution is 0.100. The van der Waals surface area contributed by atoms with E-state index >= 15 is 0 Å². The quantitative estimate of drug-likeness (QED) is 0.841. The molecule has 4 heteroatoms. The van der Waals surface area contributed by atoms with Gasteiger partial charge in [0, 0.05) is 12.7 Å². The molecule has 1 aromatic rings. The average Bonchev–Trinajstić information content (AvgIpc) is 2.24. The molecule has 0 saturated heterocycles. The molecule has 94 valence electrons. The van der Waals surface area contributed by atoms with Crippen molar-refractivity contribution >= 4 is 11.7 Å². The number of rotatable bonds is 4. The molecule has 0 aliphatic heterocycles. The number of hydrogen-bond donors (Lipinski definition) is 2. The normalized spacial score (nSPS) is 13.2. The van der Waals surface area contributed by atoms with Crippen molar-refractivity contribution in [2.24, 2.45) is 17.1 Å². The molecule has 0 radical (unpaired) electrons. The summed E-state index contributed by atoms with van der Waals surface area (Å²) in [7, 11) is 0. The second-order valence-corrected chi connectivity index (χ2v) is 5.41. The van der Waals surface area contributed by atoms with E-state index in [-0.39, 0.29) is 5.41 Å². The van der Waals surface area contributed by atoms with E-state index in [0.29, 0.717) is 17.3 Å². The third kappa shape index (κ3) is 3.73. The molecule has 0 aliphatic carbocycles. The van der Waals surface area contributed by atoms with E-state index < -0.39 is 5.91 Å². The second kappa shape index (κ2) is 5.17. The highest BCUT2D eigenvalue weighted by Crippen LogP contribution is 2.25. The van der Waals surface area contributed by atoms with Crippen molar-refractivity contribution in [3.05, 3.63) is 23.9 Å². The Balaban J connectivity index is 2.73. The fraction of sp³-hybridized carbons (Fsp3) is 0.538. The summed E-state index contributed by atoms with van der Waals surface area (Å²) in [5.41, 5.74) is 5.94. The molecule has 1 atom stereocenters. The van der Waals surface area contributed by atoms with Crippen molar-refractivity contribution in [1.29, 1.82) is 0 Å². The predicted molar refractivity (Wildman–Crippen MR) is 69.9 cm³/mol. The third-order valence-electron chi connectivity index (χ3n) is 3.13. The molecule has 4 nitrogen and oxygen atoms in total. The lowest BCUT2D eigenvalue weighted by atomic mass is 9.82. The number of aromatic nitrogens is 1. The van der Waals surface area contributed by atoms with Gasteiger partial charge in [0.05, 0.1) is 5.56 Å². The molecule has 17 heavy (non-hydrogen) atoms. The van der Waals surface area contributed by atoms with E-state index in [2.05, 4.69) is 38.0 Å². The Morgan fingerprint density at radius 2 is 2.18 bits per heavy atom. The first-order valence-corrected chi connectivity index (χ1v) is 5.81. The summed E-state index contributed by atoms with van der Waals surface area (Å²) in [6, 6.07) is 3.39. The lowest BCUT2D eigenvalue weighted by Crippen LogP contribution is -2.26. The molecule has 0 aliphatic rings. The van der Waals surface area contributed by atoms with Gasteiger partial charge in [-0.15, -0.1) is 0 Å². The van der Waals surface area contributed by atoms with Gasteiger partial charge in [0.15, 0.2) is 0 Å². The van der Waals surface area contributed by atoms with Gasteiger partial charge in [0.2, 0.25) is 0 Å². The first-order valence-electron chi connectivity index (χ1n) is 5.81. The molecule has 0 aromatic carbocycles. The summed E-state index contributed by atoms with van der Waals surface area (Å²) in [5.74, 6) is 0.574. The number of hydrogen-bond acceptors (Lipinski definition) is 3. The minimum Gasteiger partial charge on any atom is -0.369 e. The smallest absolute Gasteiger partial charge is 0.252 e. The summed E-state index contributed by atoms with van der Waals surface area (Å²) < 4.78 is 0. The zero-order chi connectivity index (χ0) is 13.1. The molecule has 1 heterocycles. The maximum atomic E-state index is 11.2. The fourth-order valence-electron chi connectivity index (χ4n) is 1.30. The highest BCUT2D eigenvalue weighted by molar-refractivity contribution is 5.97. The molecular formula is C13H21N3O. The molecule has 3 N–H and O–H groups in total. The van der Waals surface area contributed by atoms with E-state index in [1.807, 2.05) is 0 Å². The lowest BCUT2D eigenvalue weighted by Gasteiger charge is -2.27. The summed E-state index contributed by atoms with van der Waals surface area (Å²) >= 11 is 0. The number of nitrogens with one attached hydrogen (secondary N) is 1. The van der Waals surface area contributed by atoms with Crippen LogP contribution in [0.2, 0.25) is 0 Å². The first kappa shape index (κ1) is 13.5. The molecule has 0 bridgehead atoms. The van der Waals surface area contributed by atoms with Crippen LogP contribution in [-0.2, 0) is 0 Å². The van der Waals surface area contributed by atoms with Crippen LogP contribution in [-0.4, -0.2) is 17.4 Å². The minimum atomic E-state index is -0.455. The zero-order valence-corrected chi connectivity index (χ0v) is 10.9. The van der Waals surface area contributed by atoms with Crippen molar-refractivity contribution < 1.29 is 4.79 Å². The van der Waals surface area contributed by atoms with Gasteiger partial charge in [-0.1, -0.05) is 27.7 Å². The number of pyridine rings is 1. The van der Waals surface area contributed by atoms with E-state index in [4.69, 9.17) is 5.73 Å². The van der Waals surface area contributed by atoms with Gasteiger partial charge < -0.3 is 11.1 Å². The topological polar surface area (TPSA) is 68.0 Å². The number of primary amides is 1. The zero-order valence-electron chi connectivity index (χ0n) is 10.9. The number of carbonyl (C=O) groups excluding carboxylic acids is 1. The highest BCUT2D eigenvalue weighted by atomic mass is 16.1. The SMILES string of the molecule is CC(CNc1ncccc1C(N)=O)C(C)(C)C. The fourth-order valence-corrected chi connectivity index (χ4v) is 1.30. The van der Waals surface area contributed by atoms with Crippen LogP contribution in [0, 0.1) is 11.3 Å². The molecule has 1 unspecified atom stereocenters. The molecule has 1 rings (SSSR count). The molecule has 0 spiro atoms. The highest BCUT2D eigenvalue weighted by Gasteiger charge is 2.20. The Kier molecular flexibility index (Phi) is 4.10. The second-order valence-electron chi connectivity index (χ2n) is 5.41. The summed E-state index contributed by atoms with van der Waals surface area (Å²) in [5, 5.41) is 3.19. The number of nitrogens with two attached hydrogens (primary N) is 1. The average molecular weight is 235 g/mol. The minimum absolute atomic E-state index is 0.217. The predicted octanol–water partition coefficient (Wildman–Crippen LogP) is 2.27. The van der Waals surface area contributed by atoms with Crippen LogP contribution < -0.4 is 11.1 Å². The Bertz CT molecular complexity index is 396. The molecule has 0 saturated carbocycles. The van der Waals surface area contributed by atoms with Gasteiger partial charge in [0.1, 0.15) is 5.82 Å². The van der Waals surface area contributed by atoms with Crippen LogP contribution in [0.1, 0.15) is 38.1 Å². The Labute approximate surface area is 103 Å². The van der Waals surface area contributed by atoms with Gasteiger partial charge in [-0.3, -0.25) is 4.79 Å².